The van der Waals surface area contributed by atoms with Gasteiger partial charge >= 0.3 is 0 Å². The first-order valence-electron chi connectivity index (χ1n) is 7.22. The third-order valence-electron chi connectivity index (χ3n) is 3.44. The number of aryl methyl sites for hydroxylation is 1. The number of carbonyl (C=O) groups is 1. The van der Waals surface area contributed by atoms with E-state index in [1.165, 1.54) is 12.1 Å². The molecule has 0 saturated heterocycles. The topological polar surface area (TPSA) is 92.5 Å². The van der Waals surface area contributed by atoms with Gasteiger partial charge in [0.2, 0.25) is 0 Å². The summed E-state index contributed by atoms with van der Waals surface area (Å²) in [6.07, 6.45) is 0.644. The summed E-state index contributed by atoms with van der Waals surface area (Å²) in [6, 6.07) is 11.8. The Balaban J connectivity index is 1.95. The van der Waals surface area contributed by atoms with Crippen molar-refractivity contribution in [2.45, 2.75) is 20.0 Å². The summed E-state index contributed by atoms with van der Waals surface area (Å²) < 4.78 is 0. The van der Waals surface area contributed by atoms with Gasteiger partial charge in [0.05, 0.1) is 11.5 Å². The Bertz CT molecular complexity index is 711. The molecule has 1 amide bonds. The highest BCUT2D eigenvalue weighted by molar-refractivity contribution is 5.95. The lowest BCUT2D eigenvalue weighted by atomic mass is 10.1. The molecular weight excluding hydrogens is 296 g/mol. The Labute approximate surface area is 133 Å². The van der Waals surface area contributed by atoms with Gasteiger partial charge in [0.25, 0.3) is 11.6 Å². The number of carbonyl (C=O) groups excluding carboxylic acids is 1. The number of aliphatic hydroxyl groups is 1. The third kappa shape index (κ3) is 4.62. The van der Waals surface area contributed by atoms with Crippen LogP contribution >= 0.6 is 0 Å². The van der Waals surface area contributed by atoms with Gasteiger partial charge in [-0.2, -0.15) is 0 Å². The Morgan fingerprint density at radius 3 is 2.43 bits per heavy atom. The van der Waals surface area contributed by atoms with Gasteiger partial charge < -0.3 is 10.4 Å². The number of aliphatic hydroxyl groups excluding tert-OH is 1. The summed E-state index contributed by atoms with van der Waals surface area (Å²) in [4.78, 5) is 22.4. The first-order chi connectivity index (χ1) is 11.0. The highest BCUT2D eigenvalue weighted by Crippen LogP contribution is 2.16. The fraction of sp³-hybridized carbons (Fsp3) is 0.235. The molecule has 0 aliphatic heterocycles. The molecule has 0 unspecified atom stereocenters. The van der Waals surface area contributed by atoms with Crippen molar-refractivity contribution in [3.63, 3.8) is 0 Å². The number of rotatable bonds is 6. The summed E-state index contributed by atoms with van der Waals surface area (Å²) in [7, 11) is 0. The summed E-state index contributed by atoms with van der Waals surface area (Å²) in [5.74, 6) is -0.330. The van der Waals surface area contributed by atoms with E-state index in [-0.39, 0.29) is 23.8 Å². The smallest absolute Gasteiger partial charge is 0.270 e. The molecule has 23 heavy (non-hydrogen) atoms. The van der Waals surface area contributed by atoms with Crippen LogP contribution in [0.5, 0.6) is 0 Å². The molecule has 2 N–H and O–H groups in total. The zero-order valence-corrected chi connectivity index (χ0v) is 12.8. The van der Waals surface area contributed by atoms with Crippen molar-refractivity contribution in [3.05, 3.63) is 74.8 Å². The van der Waals surface area contributed by atoms with Crippen LogP contribution in [-0.2, 0) is 13.0 Å². The van der Waals surface area contributed by atoms with E-state index in [4.69, 9.17) is 5.11 Å². The Morgan fingerprint density at radius 1 is 1.17 bits per heavy atom. The average Bonchev–Trinajstić information content (AvgIpc) is 2.54. The quantitative estimate of drug-likeness (QED) is 0.632. The van der Waals surface area contributed by atoms with E-state index in [0.29, 0.717) is 18.5 Å². The molecule has 0 radical (unpaired) electrons. The van der Waals surface area contributed by atoms with E-state index in [9.17, 15) is 14.9 Å². The summed E-state index contributed by atoms with van der Waals surface area (Å²) in [5.41, 5.74) is 2.74. The standard InChI is InChI=1S/C17H18N2O4/c1-12-8-15(10-16(9-12)19(22)23)17(21)18-7-6-13-2-4-14(11-20)5-3-13/h2-5,8-10,20H,6-7,11H2,1H3,(H,18,21). The molecule has 0 bridgehead atoms. The Morgan fingerprint density at radius 2 is 1.83 bits per heavy atom. The van der Waals surface area contributed by atoms with Gasteiger partial charge in [-0.25, -0.2) is 0 Å². The molecule has 2 rings (SSSR count). The first kappa shape index (κ1) is 16.6. The second kappa shape index (κ2) is 7.51. The van der Waals surface area contributed by atoms with Crippen molar-refractivity contribution < 1.29 is 14.8 Å². The minimum atomic E-state index is -0.507. The summed E-state index contributed by atoms with van der Waals surface area (Å²) in [6.45, 7) is 2.15. The van der Waals surface area contributed by atoms with E-state index < -0.39 is 4.92 Å². The van der Waals surface area contributed by atoms with Crippen LogP contribution in [0, 0.1) is 17.0 Å². The van der Waals surface area contributed by atoms with Crippen LogP contribution in [-0.4, -0.2) is 22.5 Å². The van der Waals surface area contributed by atoms with Crippen molar-refractivity contribution >= 4 is 11.6 Å². The highest BCUT2D eigenvalue weighted by atomic mass is 16.6. The monoisotopic (exact) mass is 314 g/mol. The molecule has 0 fully saturated rings. The van der Waals surface area contributed by atoms with Gasteiger partial charge in [0.15, 0.2) is 0 Å². The molecule has 2 aromatic rings. The lowest BCUT2D eigenvalue weighted by Crippen LogP contribution is -2.25. The number of nitrogens with zero attached hydrogens (tertiary/aromatic N) is 1. The summed E-state index contributed by atoms with van der Waals surface area (Å²) in [5, 5.41) is 22.6. The zero-order chi connectivity index (χ0) is 16.8. The number of hydrogen-bond donors (Lipinski definition) is 2. The van der Waals surface area contributed by atoms with E-state index >= 15 is 0 Å². The van der Waals surface area contributed by atoms with Crippen LogP contribution in [0.4, 0.5) is 5.69 Å². The molecular formula is C17H18N2O4. The predicted octanol–water partition coefficient (Wildman–Crippen LogP) is 2.37. The molecule has 0 spiro atoms. The Hall–Kier alpha value is -2.73. The maximum atomic E-state index is 12.1. The highest BCUT2D eigenvalue weighted by Gasteiger charge is 2.12. The number of benzene rings is 2. The minimum Gasteiger partial charge on any atom is -0.392 e. The number of nitro benzene ring substituents is 1. The van der Waals surface area contributed by atoms with Gasteiger partial charge in [-0.15, -0.1) is 0 Å². The molecule has 120 valence electrons. The molecule has 2 aromatic carbocycles. The first-order valence-corrected chi connectivity index (χ1v) is 7.22. The van der Waals surface area contributed by atoms with Crippen molar-refractivity contribution in [2.75, 3.05) is 6.54 Å². The lowest BCUT2D eigenvalue weighted by molar-refractivity contribution is -0.384. The van der Waals surface area contributed by atoms with Gasteiger partial charge in [0, 0.05) is 24.2 Å². The fourth-order valence-corrected chi connectivity index (χ4v) is 2.23. The van der Waals surface area contributed by atoms with Crippen LogP contribution in [0.2, 0.25) is 0 Å². The minimum absolute atomic E-state index is 0.00313. The van der Waals surface area contributed by atoms with E-state index in [2.05, 4.69) is 5.32 Å². The molecule has 0 aliphatic carbocycles. The van der Waals surface area contributed by atoms with Crippen LogP contribution in [0.25, 0.3) is 0 Å². The van der Waals surface area contributed by atoms with Crippen molar-refractivity contribution in [3.8, 4) is 0 Å². The van der Waals surface area contributed by atoms with E-state index in [0.717, 1.165) is 11.1 Å². The lowest BCUT2D eigenvalue weighted by Gasteiger charge is -2.07. The molecule has 0 saturated carbocycles. The second-order valence-electron chi connectivity index (χ2n) is 5.29. The largest absolute Gasteiger partial charge is 0.392 e. The van der Waals surface area contributed by atoms with Gasteiger partial charge in [-0.3, -0.25) is 14.9 Å². The van der Waals surface area contributed by atoms with Crippen molar-refractivity contribution in [1.29, 1.82) is 0 Å². The normalized spacial score (nSPS) is 10.3. The number of nitrogens with one attached hydrogen (secondary N) is 1. The summed E-state index contributed by atoms with van der Waals surface area (Å²) >= 11 is 0. The van der Waals surface area contributed by atoms with E-state index in [1.54, 1.807) is 13.0 Å². The van der Waals surface area contributed by atoms with Crippen molar-refractivity contribution in [1.82, 2.24) is 5.32 Å². The average molecular weight is 314 g/mol. The Kier molecular flexibility index (Phi) is 5.43. The maximum absolute atomic E-state index is 12.1. The van der Waals surface area contributed by atoms with Gasteiger partial charge in [-0.1, -0.05) is 24.3 Å². The number of hydrogen-bond acceptors (Lipinski definition) is 4. The van der Waals surface area contributed by atoms with Crippen LogP contribution in [0.3, 0.4) is 0 Å². The number of non-ortho nitro benzene ring substituents is 1. The molecule has 6 nitrogen and oxygen atoms in total. The van der Waals surface area contributed by atoms with Crippen LogP contribution < -0.4 is 5.32 Å². The van der Waals surface area contributed by atoms with E-state index in [1.807, 2.05) is 24.3 Å². The molecule has 0 atom stereocenters. The van der Waals surface area contributed by atoms with Crippen molar-refractivity contribution in [2.24, 2.45) is 0 Å². The molecule has 6 heteroatoms. The molecule has 0 heterocycles. The second-order valence-corrected chi connectivity index (χ2v) is 5.29. The maximum Gasteiger partial charge on any atom is 0.270 e. The fourth-order valence-electron chi connectivity index (χ4n) is 2.23. The third-order valence-corrected chi connectivity index (χ3v) is 3.44. The molecule has 0 aliphatic rings. The molecule has 0 aromatic heterocycles. The number of amides is 1. The van der Waals surface area contributed by atoms with Gasteiger partial charge in [0.1, 0.15) is 0 Å². The predicted molar refractivity (Wildman–Crippen MR) is 86.2 cm³/mol. The number of nitro groups is 1. The van der Waals surface area contributed by atoms with Gasteiger partial charge in [-0.05, 0) is 36.1 Å². The van der Waals surface area contributed by atoms with Crippen LogP contribution in [0.15, 0.2) is 42.5 Å². The van der Waals surface area contributed by atoms with Crippen LogP contribution in [0.1, 0.15) is 27.0 Å². The zero-order valence-electron chi connectivity index (χ0n) is 12.8. The SMILES string of the molecule is Cc1cc(C(=O)NCCc2ccc(CO)cc2)cc([N+](=O)[O-])c1.